The van der Waals surface area contributed by atoms with E-state index in [1.54, 1.807) is 11.1 Å². The van der Waals surface area contributed by atoms with E-state index in [2.05, 4.69) is 322 Å². The fourth-order valence-electron chi connectivity index (χ4n) is 17.8. The van der Waals surface area contributed by atoms with Crippen LogP contribution in [0.25, 0.3) is 43.8 Å². The number of rotatable bonds is 31. The highest BCUT2D eigenvalue weighted by Crippen LogP contribution is 2.59. The molecule has 0 aromatic heterocycles. The van der Waals surface area contributed by atoms with Gasteiger partial charge in [-0.15, -0.1) is 0 Å². The van der Waals surface area contributed by atoms with Crippen molar-refractivity contribution in [2.45, 2.75) is 228 Å². The van der Waals surface area contributed by atoms with Crippen molar-refractivity contribution in [3.63, 3.8) is 0 Å². The van der Waals surface area contributed by atoms with E-state index in [-0.39, 0.29) is 5.41 Å². The molecule has 0 atom stereocenters. The molecular weight excluding hydrogens is 1270 g/mol. The molecule has 14 rings (SSSR count). The Morgan fingerprint density at radius 1 is 0.248 bits per heavy atom. The number of fused-ring (bicyclic) bond motifs is 8. The summed E-state index contributed by atoms with van der Waals surface area (Å²) in [6, 6.07) is 94.0. The van der Waals surface area contributed by atoms with Gasteiger partial charge in [-0.3, -0.25) is 0 Å². The van der Waals surface area contributed by atoms with Crippen molar-refractivity contribution in [1.29, 1.82) is 0 Å². The van der Waals surface area contributed by atoms with Gasteiger partial charge in [0.05, 0.1) is 16.8 Å². The van der Waals surface area contributed by atoms with Crippen LogP contribution >= 0.6 is 0 Å². The minimum absolute atomic E-state index is 0.234. The molecule has 0 radical (unpaired) electrons. The molecule has 0 saturated carbocycles. The summed E-state index contributed by atoms with van der Waals surface area (Å²) >= 11 is 0. The van der Waals surface area contributed by atoms with E-state index < -0.39 is 5.41 Å². The van der Waals surface area contributed by atoms with Crippen LogP contribution in [0.4, 0.5) is 34.1 Å². The molecule has 0 amide bonds. The molecule has 0 unspecified atom stereocenters. The molecule has 538 valence electrons. The lowest BCUT2D eigenvalue weighted by atomic mass is 9.67. The summed E-state index contributed by atoms with van der Waals surface area (Å²) in [4.78, 5) is 5.06. The normalized spacial score (nSPS) is 12.9. The molecule has 2 heteroatoms. The molecule has 2 aliphatic rings. The summed E-state index contributed by atoms with van der Waals surface area (Å²) in [5.74, 6) is 0. The second-order valence-electron chi connectivity index (χ2n) is 31.2. The minimum Gasteiger partial charge on any atom is -0.309 e. The van der Waals surface area contributed by atoms with Crippen molar-refractivity contribution >= 4 is 55.7 Å². The molecule has 2 nitrogen and oxygen atoms in total. The van der Waals surface area contributed by atoms with Gasteiger partial charge in [0.25, 0.3) is 0 Å². The van der Waals surface area contributed by atoms with Gasteiger partial charge >= 0.3 is 0 Å². The van der Waals surface area contributed by atoms with Gasteiger partial charge in [0, 0.05) is 49.7 Å². The first-order valence-corrected chi connectivity index (χ1v) is 40.9. The van der Waals surface area contributed by atoms with Gasteiger partial charge in [0.15, 0.2) is 0 Å². The first-order valence-electron chi connectivity index (χ1n) is 40.9. The monoisotopic (exact) mass is 1380 g/mol. The van der Waals surface area contributed by atoms with Crippen LogP contribution in [-0.2, 0) is 30.1 Å². The van der Waals surface area contributed by atoms with Gasteiger partial charge in [-0.05, 0) is 207 Å². The molecule has 0 fully saturated rings. The first-order chi connectivity index (χ1) is 51.4. The topological polar surface area (TPSA) is 6.48 Å². The van der Waals surface area contributed by atoms with E-state index in [4.69, 9.17) is 0 Å². The average Bonchev–Trinajstić information content (AvgIpc) is 1.71. The number of anilines is 6. The molecule has 105 heavy (non-hydrogen) atoms. The Balaban J connectivity index is 0.000000264. The van der Waals surface area contributed by atoms with Crippen LogP contribution in [-0.4, -0.2) is 0 Å². The third-order valence-corrected chi connectivity index (χ3v) is 23.4. The van der Waals surface area contributed by atoms with Crippen molar-refractivity contribution in [2.24, 2.45) is 0 Å². The Kier molecular flexibility index (Phi) is 24.2. The molecule has 0 saturated heterocycles. The zero-order valence-corrected chi connectivity index (χ0v) is 65.3. The van der Waals surface area contributed by atoms with E-state index in [0.717, 1.165) is 42.0 Å². The van der Waals surface area contributed by atoms with Crippen molar-refractivity contribution in [3.05, 3.63) is 321 Å². The number of nitrogens with zero attached hydrogens (tertiary/aromatic N) is 2. The standard InChI is InChI=1S/C72H70N2.C31H46/c1-7-10-17-53-28-38-58(39-29-53)73(59-40-30-54(31-41-59)18-11-8-2)70-64-20-13-15-22-66(64)71(67-23-16-14-21-65(67)70)74(60-42-32-55(33-43-60)19-12-9-3)61-44-36-57(37-45-61)72(56-34-24-50(4)25-35-56)68-48-51(5)26-46-62(68)63-47-27-52(6)49-69(63)72;1-5-7-9-11-13-15-21-31(22-16-14-12-10-8-6-2)29-23-25(3)17-19-27(29)28-20-18-26(4)24-30(28)31/h13-16,20-49H,7-12,17-19H2,1-6H3;17-20,23-24H,5-16,21-22H2,1-4H3. The smallest absolute Gasteiger partial charge is 0.0713 e. The lowest BCUT2D eigenvalue weighted by Gasteiger charge is -2.35. The zero-order valence-electron chi connectivity index (χ0n) is 65.3. The lowest BCUT2D eigenvalue weighted by Crippen LogP contribution is -2.29. The second-order valence-corrected chi connectivity index (χ2v) is 31.2. The summed E-state index contributed by atoms with van der Waals surface area (Å²) in [7, 11) is 0. The largest absolute Gasteiger partial charge is 0.309 e. The van der Waals surface area contributed by atoms with Gasteiger partial charge in [-0.2, -0.15) is 0 Å². The Labute approximate surface area is 632 Å². The predicted molar refractivity (Wildman–Crippen MR) is 456 cm³/mol. The molecule has 0 spiro atoms. The maximum Gasteiger partial charge on any atom is 0.0713 e. The fraction of sp³-hybridized carbons (Fsp3) is 0.340. The SMILES string of the molecule is CCCCCCCCC1(CCCCCCCC)c2cc(C)ccc2-c2ccc(C)cc21.CCCCc1ccc(N(c2ccc(CCCC)cc2)c2c3ccccc3c(N(c3ccc(CCCC)cc3)c3ccc(C4(c5ccc(C)cc5)c5cc(C)ccc5-c5ccc(C)cc54)cc3)c3ccccc23)cc1. The van der Waals surface area contributed by atoms with Crippen LogP contribution in [0, 0.1) is 34.6 Å². The predicted octanol–water partition coefficient (Wildman–Crippen LogP) is 30.3. The zero-order chi connectivity index (χ0) is 72.9. The van der Waals surface area contributed by atoms with Crippen LogP contribution < -0.4 is 9.80 Å². The third-order valence-electron chi connectivity index (χ3n) is 23.4. The fourth-order valence-corrected chi connectivity index (χ4v) is 17.8. The molecule has 0 N–H and O–H groups in total. The van der Waals surface area contributed by atoms with E-state index in [0.29, 0.717) is 0 Å². The molecule has 0 heterocycles. The summed E-state index contributed by atoms with van der Waals surface area (Å²) in [6.45, 7) is 22.7. The van der Waals surface area contributed by atoms with Crippen LogP contribution in [0.3, 0.4) is 0 Å². The molecule has 12 aromatic rings. The van der Waals surface area contributed by atoms with Gasteiger partial charge < -0.3 is 9.80 Å². The number of aryl methyl sites for hydroxylation is 8. The Morgan fingerprint density at radius 2 is 0.514 bits per heavy atom. The number of unbranched alkanes of at least 4 members (excludes halogenated alkanes) is 13. The van der Waals surface area contributed by atoms with Gasteiger partial charge in [0.1, 0.15) is 0 Å². The third kappa shape index (κ3) is 15.6. The molecule has 2 aliphatic carbocycles. The van der Waals surface area contributed by atoms with Crippen LogP contribution in [0.5, 0.6) is 0 Å². The Hall–Kier alpha value is -9.24. The summed E-state index contributed by atoms with van der Waals surface area (Å²) in [5.41, 5.74) is 31.6. The maximum atomic E-state index is 2.54. The molecule has 0 bridgehead atoms. The summed E-state index contributed by atoms with van der Waals surface area (Å²) in [5, 5.41) is 4.81. The van der Waals surface area contributed by atoms with Gasteiger partial charge in [-0.1, -0.05) is 353 Å². The summed E-state index contributed by atoms with van der Waals surface area (Å²) < 4.78 is 0. The highest BCUT2D eigenvalue weighted by atomic mass is 15.2. The van der Waals surface area contributed by atoms with E-state index in [1.165, 1.54) is 250 Å². The van der Waals surface area contributed by atoms with Gasteiger partial charge in [-0.25, -0.2) is 0 Å². The van der Waals surface area contributed by atoms with Crippen LogP contribution in [0.15, 0.2) is 243 Å². The quantitative estimate of drug-likeness (QED) is 0.0243. The van der Waals surface area contributed by atoms with Crippen LogP contribution in [0.1, 0.15) is 241 Å². The molecular formula is C103H116N2. The molecule has 0 aliphatic heterocycles. The van der Waals surface area contributed by atoms with Crippen molar-refractivity contribution < 1.29 is 0 Å². The highest BCUT2D eigenvalue weighted by molar-refractivity contribution is 6.23. The number of hydrogen-bond donors (Lipinski definition) is 0. The van der Waals surface area contributed by atoms with E-state index in [1.807, 2.05) is 0 Å². The maximum absolute atomic E-state index is 2.54. The van der Waals surface area contributed by atoms with Crippen molar-refractivity contribution in [2.75, 3.05) is 9.80 Å². The average molecular weight is 1380 g/mol. The molecule has 12 aromatic carbocycles. The number of hydrogen-bond acceptors (Lipinski definition) is 2. The van der Waals surface area contributed by atoms with Crippen molar-refractivity contribution in [1.82, 2.24) is 0 Å². The number of benzene rings is 12. The van der Waals surface area contributed by atoms with Crippen molar-refractivity contribution in [3.8, 4) is 22.3 Å². The highest BCUT2D eigenvalue weighted by Gasteiger charge is 2.47. The minimum atomic E-state index is -0.506. The lowest BCUT2D eigenvalue weighted by molar-refractivity contribution is 0.397. The van der Waals surface area contributed by atoms with E-state index >= 15 is 0 Å². The van der Waals surface area contributed by atoms with E-state index in [9.17, 15) is 0 Å². The summed E-state index contributed by atoms with van der Waals surface area (Å²) in [6.07, 6.45) is 29.6. The first kappa shape index (κ1) is 74.0. The Bertz CT molecular complexity index is 4630. The second kappa shape index (κ2) is 34.3. The Morgan fingerprint density at radius 3 is 0.838 bits per heavy atom. The van der Waals surface area contributed by atoms with Gasteiger partial charge in [0.2, 0.25) is 0 Å². The van der Waals surface area contributed by atoms with Crippen LogP contribution in [0.2, 0.25) is 0 Å².